The summed E-state index contributed by atoms with van der Waals surface area (Å²) in [4.78, 5) is 19.2. The van der Waals surface area contributed by atoms with Crippen molar-refractivity contribution in [3.05, 3.63) is 34.8 Å². The number of nitrogens with one attached hydrogen (secondary N) is 1. The lowest BCUT2D eigenvalue weighted by molar-refractivity contribution is -0.126. The number of carbonyl (C=O) groups is 1. The van der Waals surface area contributed by atoms with Crippen LogP contribution in [0.3, 0.4) is 0 Å². The van der Waals surface area contributed by atoms with Crippen molar-refractivity contribution in [1.82, 2.24) is 10.3 Å². The summed E-state index contributed by atoms with van der Waals surface area (Å²) in [5.74, 6) is 1.32. The summed E-state index contributed by atoms with van der Waals surface area (Å²) in [7, 11) is 0. The molecule has 0 atom stereocenters. The van der Waals surface area contributed by atoms with Crippen molar-refractivity contribution in [2.24, 2.45) is 5.92 Å². The van der Waals surface area contributed by atoms with Gasteiger partial charge in [0, 0.05) is 34.9 Å². The average molecular weight is 376 g/mol. The molecule has 0 bridgehead atoms. The van der Waals surface area contributed by atoms with Gasteiger partial charge in [-0.1, -0.05) is 22.0 Å². The number of hydrogen-bond acceptors (Lipinski definition) is 3. The Morgan fingerprint density at radius 1 is 1.26 bits per heavy atom. The predicted molar refractivity (Wildman–Crippen MR) is 97.7 cm³/mol. The van der Waals surface area contributed by atoms with Crippen molar-refractivity contribution in [3.8, 4) is 0 Å². The summed E-state index contributed by atoms with van der Waals surface area (Å²) >= 11 is 3.50. The number of piperidine rings is 1. The minimum Gasteiger partial charge on any atom is -0.357 e. The summed E-state index contributed by atoms with van der Waals surface area (Å²) in [6.07, 6.45) is 1.77. The van der Waals surface area contributed by atoms with E-state index in [-0.39, 0.29) is 17.9 Å². The van der Waals surface area contributed by atoms with Gasteiger partial charge in [0.1, 0.15) is 5.82 Å². The van der Waals surface area contributed by atoms with E-state index in [0.717, 1.165) is 47.1 Å². The maximum atomic E-state index is 12.1. The largest absolute Gasteiger partial charge is 0.357 e. The zero-order valence-corrected chi connectivity index (χ0v) is 15.1. The SMILES string of the molecule is CC(C)NC(=O)C1CCN(c2ccc3ccc(Br)cc3n2)CC1. The molecule has 1 N–H and O–H groups in total. The fraction of sp³-hybridized carbons (Fsp3) is 0.444. The Morgan fingerprint density at radius 2 is 1.96 bits per heavy atom. The van der Waals surface area contributed by atoms with E-state index in [1.807, 2.05) is 26.0 Å². The van der Waals surface area contributed by atoms with Crippen LogP contribution in [0.5, 0.6) is 0 Å². The van der Waals surface area contributed by atoms with Crippen LogP contribution in [0.15, 0.2) is 34.8 Å². The lowest BCUT2D eigenvalue weighted by Gasteiger charge is -2.32. The average Bonchev–Trinajstić information content (AvgIpc) is 2.53. The number of aromatic nitrogens is 1. The molecule has 1 aromatic carbocycles. The highest BCUT2D eigenvalue weighted by atomic mass is 79.9. The first-order chi connectivity index (χ1) is 11.0. The van der Waals surface area contributed by atoms with Gasteiger partial charge >= 0.3 is 0 Å². The smallest absolute Gasteiger partial charge is 0.223 e. The molecule has 122 valence electrons. The molecule has 0 unspecified atom stereocenters. The van der Waals surface area contributed by atoms with E-state index in [1.54, 1.807) is 0 Å². The summed E-state index contributed by atoms with van der Waals surface area (Å²) in [5, 5.41) is 4.16. The van der Waals surface area contributed by atoms with Crippen LogP contribution in [0.25, 0.3) is 10.9 Å². The standard InChI is InChI=1S/C18H22BrN3O/c1-12(2)20-18(23)14-7-9-22(10-8-14)17-6-4-13-3-5-15(19)11-16(13)21-17/h3-6,11-12,14H,7-10H2,1-2H3,(H,20,23). The van der Waals surface area contributed by atoms with E-state index in [0.29, 0.717) is 0 Å². The molecular formula is C18H22BrN3O. The molecule has 1 fully saturated rings. The monoisotopic (exact) mass is 375 g/mol. The van der Waals surface area contributed by atoms with Gasteiger partial charge in [-0.15, -0.1) is 0 Å². The maximum absolute atomic E-state index is 12.1. The van der Waals surface area contributed by atoms with Crippen LogP contribution in [-0.4, -0.2) is 30.0 Å². The third-order valence-electron chi connectivity index (χ3n) is 4.26. The molecule has 3 rings (SSSR count). The molecule has 0 aliphatic carbocycles. The Morgan fingerprint density at radius 3 is 2.65 bits per heavy atom. The van der Waals surface area contributed by atoms with Gasteiger partial charge in [-0.25, -0.2) is 4.98 Å². The van der Waals surface area contributed by atoms with E-state index < -0.39 is 0 Å². The third-order valence-corrected chi connectivity index (χ3v) is 4.75. The van der Waals surface area contributed by atoms with Gasteiger partial charge in [0.05, 0.1) is 5.52 Å². The number of anilines is 1. The van der Waals surface area contributed by atoms with Crippen LogP contribution in [0, 0.1) is 5.92 Å². The minimum absolute atomic E-state index is 0.128. The van der Waals surface area contributed by atoms with Crippen molar-refractivity contribution in [3.63, 3.8) is 0 Å². The normalized spacial score (nSPS) is 16.1. The summed E-state index contributed by atoms with van der Waals surface area (Å²) < 4.78 is 1.04. The van der Waals surface area contributed by atoms with Crippen LogP contribution in [0.4, 0.5) is 5.82 Å². The highest BCUT2D eigenvalue weighted by Crippen LogP contribution is 2.25. The Kier molecular flexibility index (Phi) is 4.85. The van der Waals surface area contributed by atoms with E-state index in [4.69, 9.17) is 4.98 Å². The molecule has 0 radical (unpaired) electrons. The second-order valence-corrected chi connectivity index (χ2v) is 7.35. The molecule has 0 saturated carbocycles. The summed E-state index contributed by atoms with van der Waals surface area (Å²) in [5.41, 5.74) is 0.997. The number of amides is 1. The highest BCUT2D eigenvalue weighted by molar-refractivity contribution is 9.10. The van der Waals surface area contributed by atoms with E-state index >= 15 is 0 Å². The Labute approximate surface area is 145 Å². The fourth-order valence-corrected chi connectivity index (χ4v) is 3.38. The van der Waals surface area contributed by atoms with Gasteiger partial charge in [0.25, 0.3) is 0 Å². The first-order valence-electron chi connectivity index (χ1n) is 8.14. The van der Waals surface area contributed by atoms with Crippen molar-refractivity contribution in [2.75, 3.05) is 18.0 Å². The number of benzene rings is 1. The molecule has 1 aliphatic rings. The first-order valence-corrected chi connectivity index (χ1v) is 8.94. The second-order valence-electron chi connectivity index (χ2n) is 6.43. The van der Waals surface area contributed by atoms with Crippen molar-refractivity contribution >= 4 is 38.6 Å². The molecule has 1 saturated heterocycles. The van der Waals surface area contributed by atoms with Crippen LogP contribution < -0.4 is 10.2 Å². The lowest BCUT2D eigenvalue weighted by Crippen LogP contribution is -2.42. The predicted octanol–water partition coefficient (Wildman–Crippen LogP) is 3.74. The maximum Gasteiger partial charge on any atom is 0.223 e. The van der Waals surface area contributed by atoms with E-state index in [1.165, 1.54) is 0 Å². The van der Waals surface area contributed by atoms with Crippen LogP contribution in [0.1, 0.15) is 26.7 Å². The Bertz CT molecular complexity index is 708. The highest BCUT2D eigenvalue weighted by Gasteiger charge is 2.25. The molecular weight excluding hydrogens is 354 g/mol. The van der Waals surface area contributed by atoms with Crippen LogP contribution in [-0.2, 0) is 4.79 Å². The lowest BCUT2D eigenvalue weighted by atomic mass is 9.95. The molecule has 4 nitrogen and oxygen atoms in total. The zero-order chi connectivity index (χ0) is 16.4. The third kappa shape index (κ3) is 3.83. The number of carbonyl (C=O) groups excluding carboxylic acids is 1. The van der Waals surface area contributed by atoms with Gasteiger partial charge in [-0.3, -0.25) is 4.79 Å². The molecule has 1 aliphatic heterocycles. The van der Waals surface area contributed by atoms with Gasteiger partial charge in [0.2, 0.25) is 5.91 Å². The van der Waals surface area contributed by atoms with Gasteiger partial charge in [-0.2, -0.15) is 0 Å². The minimum atomic E-state index is 0.128. The fourth-order valence-electron chi connectivity index (χ4n) is 3.03. The summed E-state index contributed by atoms with van der Waals surface area (Å²) in [6.45, 7) is 5.76. The molecule has 5 heteroatoms. The topological polar surface area (TPSA) is 45.2 Å². The molecule has 2 heterocycles. The molecule has 1 aromatic heterocycles. The Hall–Kier alpha value is -1.62. The van der Waals surface area contributed by atoms with Crippen molar-refractivity contribution in [1.29, 1.82) is 0 Å². The zero-order valence-electron chi connectivity index (χ0n) is 13.6. The molecule has 0 spiro atoms. The van der Waals surface area contributed by atoms with Crippen LogP contribution in [0.2, 0.25) is 0 Å². The van der Waals surface area contributed by atoms with E-state index in [9.17, 15) is 4.79 Å². The number of rotatable bonds is 3. The number of fused-ring (bicyclic) bond motifs is 1. The van der Waals surface area contributed by atoms with Gasteiger partial charge in [0.15, 0.2) is 0 Å². The summed E-state index contributed by atoms with van der Waals surface area (Å²) in [6, 6.07) is 10.5. The molecule has 1 amide bonds. The number of pyridine rings is 1. The number of nitrogens with zero attached hydrogens (tertiary/aromatic N) is 2. The van der Waals surface area contributed by atoms with Crippen molar-refractivity contribution < 1.29 is 4.79 Å². The number of hydrogen-bond donors (Lipinski definition) is 1. The Balaban J connectivity index is 1.69. The van der Waals surface area contributed by atoms with Gasteiger partial charge < -0.3 is 10.2 Å². The first kappa shape index (κ1) is 16.2. The number of halogens is 1. The molecule has 2 aromatic rings. The van der Waals surface area contributed by atoms with Gasteiger partial charge in [-0.05, 0) is 51.0 Å². The van der Waals surface area contributed by atoms with Crippen molar-refractivity contribution in [2.45, 2.75) is 32.7 Å². The van der Waals surface area contributed by atoms with E-state index in [2.05, 4.69) is 44.3 Å². The second kappa shape index (κ2) is 6.87. The quantitative estimate of drug-likeness (QED) is 0.888. The van der Waals surface area contributed by atoms with Crippen LogP contribution >= 0.6 is 15.9 Å². The molecule has 23 heavy (non-hydrogen) atoms.